The van der Waals surface area contributed by atoms with E-state index in [1.54, 1.807) is 36.2 Å². The molecule has 12 heteroatoms. The minimum atomic E-state index is -1.52. The number of fused-ring (bicyclic) bond motifs is 2. The van der Waals surface area contributed by atoms with Gasteiger partial charge in [-0.1, -0.05) is 30.9 Å². The van der Waals surface area contributed by atoms with E-state index in [0.29, 0.717) is 17.1 Å². The van der Waals surface area contributed by atoms with E-state index in [1.807, 2.05) is 18.2 Å². The fraction of sp³-hybridized carbons (Fsp3) is 0.400. The van der Waals surface area contributed by atoms with Crippen LogP contribution in [0.1, 0.15) is 11.5 Å². The van der Waals surface area contributed by atoms with Gasteiger partial charge in [0.25, 0.3) is 5.17 Å². The molecule has 1 fully saturated rings. The number of hydrogen-bond acceptors (Lipinski definition) is 11. The highest BCUT2D eigenvalue weighted by Crippen LogP contribution is 2.60. The normalized spacial score (nSPS) is 24.0. The SMILES string of the molecule is C=CCOC(=O)C1C(c2ccc(OC)c(OC)c2)C2C=C(/C=C/C(=O)OC)C1C(OC)(OC)C2OC(=S)n1ccnc1. The molecule has 1 saturated carbocycles. The molecule has 0 radical (unpaired) electrons. The number of allylic oxidation sites excluding steroid dienone is 1. The topological polar surface area (TPSA) is 117 Å². The van der Waals surface area contributed by atoms with Crippen LogP contribution < -0.4 is 9.47 Å². The monoisotopic (exact) mass is 598 g/mol. The number of esters is 2. The van der Waals surface area contributed by atoms with Crippen LogP contribution in [0, 0.1) is 17.8 Å². The number of benzene rings is 1. The zero-order chi connectivity index (χ0) is 30.4. The smallest absolute Gasteiger partial charge is 0.330 e. The van der Waals surface area contributed by atoms with E-state index in [1.165, 1.54) is 46.9 Å². The van der Waals surface area contributed by atoms with E-state index in [4.69, 9.17) is 45.4 Å². The first kappa shape index (κ1) is 30.9. The first-order valence-corrected chi connectivity index (χ1v) is 13.5. The van der Waals surface area contributed by atoms with Gasteiger partial charge >= 0.3 is 11.9 Å². The maximum Gasteiger partial charge on any atom is 0.330 e. The second-order valence-corrected chi connectivity index (χ2v) is 9.92. The van der Waals surface area contributed by atoms with Crippen LogP contribution in [0.5, 0.6) is 11.5 Å². The van der Waals surface area contributed by atoms with Crippen LogP contribution >= 0.6 is 12.2 Å². The number of hydrogen-bond donors (Lipinski definition) is 0. The molecule has 0 saturated heterocycles. The zero-order valence-corrected chi connectivity index (χ0v) is 24.9. The van der Waals surface area contributed by atoms with Gasteiger partial charge in [0.1, 0.15) is 12.9 Å². The van der Waals surface area contributed by atoms with Crippen LogP contribution in [-0.2, 0) is 33.3 Å². The summed E-state index contributed by atoms with van der Waals surface area (Å²) in [7, 11) is 7.31. The number of thiocarbonyl (C=S) groups is 1. The molecule has 0 aliphatic heterocycles. The lowest BCUT2D eigenvalue weighted by atomic mass is 9.53. The van der Waals surface area contributed by atoms with Crippen molar-refractivity contribution in [1.29, 1.82) is 0 Å². The van der Waals surface area contributed by atoms with Crippen molar-refractivity contribution in [3.8, 4) is 11.5 Å². The lowest BCUT2D eigenvalue weighted by molar-refractivity contribution is -0.313. The Morgan fingerprint density at radius 1 is 1.12 bits per heavy atom. The molecule has 1 heterocycles. The second kappa shape index (κ2) is 13.3. The summed E-state index contributed by atoms with van der Waals surface area (Å²) in [4.78, 5) is 30.1. The molecule has 0 spiro atoms. The zero-order valence-electron chi connectivity index (χ0n) is 24.1. The molecular formula is C30H34N2O9S. The molecule has 42 heavy (non-hydrogen) atoms. The van der Waals surface area contributed by atoms with E-state index in [0.717, 1.165) is 5.56 Å². The summed E-state index contributed by atoms with van der Waals surface area (Å²) in [6.45, 7) is 3.68. The van der Waals surface area contributed by atoms with Gasteiger partial charge in [0.2, 0.25) is 5.79 Å². The minimum absolute atomic E-state index is 0.0000292. The standard InChI is InChI=1S/C30H34N2O9S/c1-7-14-40-28(34)25-24(18-8-10-21(35-2)22(16-18)36-3)20-15-19(9-11-23(33)37-4)26(25)30(38-5,39-6)27(20)41-29(42)32-13-12-31-17-32/h7-13,15-17,20,24-27H,1,14H2,2-6H3/b11-9+. The Hall–Kier alpha value is -4.00. The van der Waals surface area contributed by atoms with Gasteiger partial charge in [0, 0.05) is 44.5 Å². The summed E-state index contributed by atoms with van der Waals surface area (Å²) in [5.74, 6) is -4.33. The van der Waals surface area contributed by atoms with Gasteiger partial charge < -0.3 is 33.2 Å². The Kier molecular flexibility index (Phi) is 9.81. The van der Waals surface area contributed by atoms with Crippen LogP contribution in [0.2, 0.25) is 0 Å². The highest BCUT2D eigenvalue weighted by molar-refractivity contribution is 7.80. The predicted octanol–water partition coefficient (Wildman–Crippen LogP) is 3.45. The molecule has 1 aromatic carbocycles. The first-order chi connectivity index (χ1) is 20.3. The molecule has 224 valence electrons. The number of nitrogens with zero attached hydrogens (tertiary/aromatic N) is 2. The molecule has 0 N–H and O–H groups in total. The van der Waals surface area contributed by atoms with E-state index in [-0.39, 0.29) is 11.8 Å². The fourth-order valence-corrected chi connectivity index (χ4v) is 6.17. The Labute approximate surface area is 249 Å². The van der Waals surface area contributed by atoms with E-state index in [9.17, 15) is 9.59 Å². The molecule has 2 aromatic rings. The van der Waals surface area contributed by atoms with Crippen molar-refractivity contribution in [3.63, 3.8) is 0 Å². The Morgan fingerprint density at radius 3 is 2.45 bits per heavy atom. The van der Waals surface area contributed by atoms with E-state index >= 15 is 0 Å². The number of carbonyl (C=O) groups excluding carboxylic acids is 2. The van der Waals surface area contributed by atoms with E-state index in [2.05, 4.69) is 11.6 Å². The van der Waals surface area contributed by atoms with Crippen molar-refractivity contribution in [2.45, 2.75) is 17.8 Å². The Balaban J connectivity index is 1.96. The average Bonchev–Trinajstić information content (AvgIpc) is 3.57. The summed E-state index contributed by atoms with van der Waals surface area (Å²) in [5, 5.41) is 0.112. The van der Waals surface area contributed by atoms with Crippen LogP contribution in [-0.4, -0.2) is 80.7 Å². The van der Waals surface area contributed by atoms with Gasteiger partial charge in [-0.15, -0.1) is 0 Å². The second-order valence-electron chi connectivity index (χ2n) is 9.57. The molecule has 0 amide bonds. The maximum absolute atomic E-state index is 13.9. The highest BCUT2D eigenvalue weighted by Gasteiger charge is 2.67. The van der Waals surface area contributed by atoms with Crippen molar-refractivity contribution in [2.24, 2.45) is 17.8 Å². The van der Waals surface area contributed by atoms with E-state index < -0.39 is 47.5 Å². The lowest BCUT2D eigenvalue weighted by Crippen LogP contribution is -2.68. The fourth-order valence-electron chi connectivity index (χ4n) is 5.96. The summed E-state index contributed by atoms with van der Waals surface area (Å²) in [6, 6.07) is 5.46. The summed E-state index contributed by atoms with van der Waals surface area (Å²) < 4.78 is 41.7. The number of ether oxygens (including phenoxy) is 7. The predicted molar refractivity (Wildman–Crippen MR) is 155 cm³/mol. The van der Waals surface area contributed by atoms with Gasteiger partial charge in [0.15, 0.2) is 17.6 Å². The molecule has 3 aliphatic rings. The quantitative estimate of drug-likeness (QED) is 0.124. The van der Waals surface area contributed by atoms with Crippen molar-refractivity contribution in [1.82, 2.24) is 9.55 Å². The van der Waals surface area contributed by atoms with Gasteiger partial charge in [0.05, 0.1) is 33.2 Å². The van der Waals surface area contributed by atoms with Crippen LogP contribution in [0.25, 0.3) is 0 Å². The van der Waals surface area contributed by atoms with Crippen LogP contribution in [0.3, 0.4) is 0 Å². The van der Waals surface area contributed by atoms with Crippen LogP contribution in [0.15, 0.2) is 73.4 Å². The Bertz CT molecular complexity index is 1370. The molecule has 11 nitrogen and oxygen atoms in total. The number of methoxy groups -OCH3 is 5. The average molecular weight is 599 g/mol. The summed E-state index contributed by atoms with van der Waals surface area (Å²) >= 11 is 5.62. The molecule has 2 bridgehead atoms. The van der Waals surface area contributed by atoms with Crippen molar-refractivity contribution < 1.29 is 42.7 Å². The van der Waals surface area contributed by atoms with Crippen LogP contribution in [0.4, 0.5) is 0 Å². The number of imidazole rings is 1. The van der Waals surface area contributed by atoms with Crippen molar-refractivity contribution >= 4 is 29.3 Å². The molecule has 1 aromatic heterocycles. The largest absolute Gasteiger partial charge is 0.493 e. The molecule has 5 atom stereocenters. The van der Waals surface area contributed by atoms with Gasteiger partial charge in [-0.3, -0.25) is 9.36 Å². The summed E-state index contributed by atoms with van der Waals surface area (Å²) in [6.07, 6.45) is 10.2. The number of carbonyl (C=O) groups is 2. The third kappa shape index (κ3) is 5.57. The third-order valence-corrected chi connectivity index (χ3v) is 7.99. The molecule has 5 rings (SSSR count). The number of aromatic nitrogens is 2. The third-order valence-electron chi connectivity index (χ3n) is 7.69. The molecular weight excluding hydrogens is 564 g/mol. The van der Waals surface area contributed by atoms with Gasteiger partial charge in [-0.2, -0.15) is 0 Å². The Morgan fingerprint density at radius 2 is 1.86 bits per heavy atom. The highest BCUT2D eigenvalue weighted by atomic mass is 32.1. The first-order valence-electron chi connectivity index (χ1n) is 13.1. The summed E-state index contributed by atoms with van der Waals surface area (Å²) in [5.41, 5.74) is 1.37. The maximum atomic E-state index is 13.9. The molecule has 3 aliphatic carbocycles. The van der Waals surface area contributed by atoms with Crippen molar-refractivity contribution in [2.75, 3.05) is 42.2 Å². The van der Waals surface area contributed by atoms with Gasteiger partial charge in [-0.05, 0) is 35.5 Å². The molecule has 5 unspecified atom stereocenters. The van der Waals surface area contributed by atoms with Crippen molar-refractivity contribution in [3.05, 3.63) is 78.9 Å². The minimum Gasteiger partial charge on any atom is -0.493 e. The lowest BCUT2D eigenvalue weighted by Gasteiger charge is -2.58. The number of rotatable bonds is 11. The van der Waals surface area contributed by atoms with Gasteiger partial charge in [-0.25, -0.2) is 9.78 Å².